The van der Waals surface area contributed by atoms with Crippen LogP contribution in [0.1, 0.15) is 25.0 Å². The summed E-state index contributed by atoms with van der Waals surface area (Å²) in [5.41, 5.74) is -0.293. The Morgan fingerprint density at radius 1 is 1.08 bits per heavy atom. The fourth-order valence-corrected chi connectivity index (χ4v) is 2.21. The molecule has 0 fully saturated rings. The highest BCUT2D eigenvalue weighted by Gasteiger charge is 2.19. The van der Waals surface area contributed by atoms with Crippen molar-refractivity contribution >= 4 is 23.2 Å². The van der Waals surface area contributed by atoms with Crippen LogP contribution >= 0.6 is 0 Å². The lowest BCUT2D eigenvalue weighted by molar-refractivity contribution is -0.394. The molecule has 2 aromatic rings. The summed E-state index contributed by atoms with van der Waals surface area (Å²) >= 11 is 0. The molecule has 0 aromatic heterocycles. The standard InChI is InChI=1S/C16H15N3O6/c1-2-15(11-6-4-3-5-7-11)25-16(20)17-12-8-13(18(21)22)10-14(9-12)19(23)24/h3-10,15H,2H2,1H3,(H,17,20). The maximum absolute atomic E-state index is 12.0. The molecule has 0 saturated carbocycles. The lowest BCUT2D eigenvalue weighted by atomic mass is 10.1. The van der Waals surface area contributed by atoms with E-state index in [1.807, 2.05) is 25.1 Å². The highest BCUT2D eigenvalue weighted by atomic mass is 16.6. The third kappa shape index (κ3) is 4.74. The fourth-order valence-electron chi connectivity index (χ4n) is 2.21. The number of benzene rings is 2. The summed E-state index contributed by atoms with van der Waals surface area (Å²) in [5, 5.41) is 24.0. The predicted octanol–water partition coefficient (Wildman–Crippen LogP) is 4.20. The van der Waals surface area contributed by atoms with Crippen LogP contribution in [0.25, 0.3) is 0 Å². The molecular formula is C16H15N3O6. The van der Waals surface area contributed by atoms with E-state index in [-0.39, 0.29) is 5.69 Å². The van der Waals surface area contributed by atoms with Crippen LogP contribution in [0, 0.1) is 20.2 Å². The molecule has 25 heavy (non-hydrogen) atoms. The van der Waals surface area contributed by atoms with Gasteiger partial charge < -0.3 is 4.74 Å². The highest BCUT2D eigenvalue weighted by Crippen LogP contribution is 2.27. The van der Waals surface area contributed by atoms with Crippen molar-refractivity contribution in [2.45, 2.75) is 19.4 Å². The minimum absolute atomic E-state index is 0.0891. The third-order valence-corrected chi connectivity index (χ3v) is 3.36. The van der Waals surface area contributed by atoms with Crippen molar-refractivity contribution in [2.24, 2.45) is 0 Å². The highest BCUT2D eigenvalue weighted by molar-refractivity contribution is 5.86. The number of rotatable bonds is 6. The molecule has 0 radical (unpaired) electrons. The van der Waals surface area contributed by atoms with E-state index in [0.29, 0.717) is 6.42 Å². The zero-order valence-corrected chi connectivity index (χ0v) is 13.2. The van der Waals surface area contributed by atoms with E-state index in [2.05, 4.69) is 5.32 Å². The zero-order valence-electron chi connectivity index (χ0n) is 13.2. The molecular weight excluding hydrogens is 330 g/mol. The Bertz CT molecular complexity index is 761. The molecule has 0 bridgehead atoms. The average Bonchev–Trinajstić information content (AvgIpc) is 2.60. The Morgan fingerprint density at radius 3 is 2.12 bits per heavy atom. The Hall–Kier alpha value is -3.49. The van der Waals surface area contributed by atoms with Gasteiger partial charge in [-0.25, -0.2) is 4.79 Å². The fraction of sp³-hybridized carbons (Fsp3) is 0.188. The number of nitro benzene ring substituents is 2. The molecule has 1 unspecified atom stereocenters. The summed E-state index contributed by atoms with van der Waals surface area (Å²) in [7, 11) is 0. The Labute approximate surface area is 142 Å². The van der Waals surface area contributed by atoms with Crippen molar-refractivity contribution in [1.29, 1.82) is 0 Å². The number of ether oxygens (including phenoxy) is 1. The number of non-ortho nitro benzene ring substituents is 2. The van der Waals surface area contributed by atoms with Crippen LogP contribution in [0.2, 0.25) is 0 Å². The molecule has 1 amide bonds. The van der Waals surface area contributed by atoms with E-state index in [9.17, 15) is 25.0 Å². The normalized spacial score (nSPS) is 11.4. The monoisotopic (exact) mass is 345 g/mol. The summed E-state index contributed by atoms with van der Waals surface area (Å²) in [6.45, 7) is 1.84. The van der Waals surface area contributed by atoms with Crippen LogP contribution in [0.15, 0.2) is 48.5 Å². The quantitative estimate of drug-likeness (QED) is 0.618. The molecule has 0 heterocycles. The maximum Gasteiger partial charge on any atom is 0.412 e. The lowest BCUT2D eigenvalue weighted by Crippen LogP contribution is -2.17. The van der Waals surface area contributed by atoms with Crippen LogP contribution in [0.4, 0.5) is 21.9 Å². The van der Waals surface area contributed by atoms with Crippen LogP contribution < -0.4 is 5.32 Å². The molecule has 2 rings (SSSR count). The van der Waals surface area contributed by atoms with Gasteiger partial charge in [0.15, 0.2) is 0 Å². The molecule has 130 valence electrons. The minimum atomic E-state index is -0.856. The SMILES string of the molecule is CCC(OC(=O)Nc1cc([N+](=O)[O-])cc([N+](=O)[O-])c1)c1ccccc1. The van der Waals surface area contributed by atoms with E-state index < -0.39 is 33.4 Å². The molecule has 9 nitrogen and oxygen atoms in total. The van der Waals surface area contributed by atoms with E-state index in [1.165, 1.54) is 0 Å². The van der Waals surface area contributed by atoms with Gasteiger partial charge in [-0.2, -0.15) is 0 Å². The summed E-state index contributed by atoms with van der Waals surface area (Å²) in [6.07, 6.45) is -0.840. The topological polar surface area (TPSA) is 125 Å². The summed E-state index contributed by atoms with van der Waals surface area (Å²) in [5.74, 6) is 0. The second-order valence-corrected chi connectivity index (χ2v) is 5.09. The first-order valence-electron chi connectivity index (χ1n) is 7.37. The lowest BCUT2D eigenvalue weighted by Gasteiger charge is -2.17. The van der Waals surface area contributed by atoms with Crippen molar-refractivity contribution in [3.05, 3.63) is 74.3 Å². The molecule has 1 atom stereocenters. The van der Waals surface area contributed by atoms with Crippen LogP contribution in [-0.4, -0.2) is 15.9 Å². The molecule has 0 aliphatic rings. The number of nitro groups is 2. The predicted molar refractivity (Wildman–Crippen MR) is 89.3 cm³/mol. The number of nitrogens with zero attached hydrogens (tertiary/aromatic N) is 2. The number of hydrogen-bond donors (Lipinski definition) is 1. The smallest absolute Gasteiger partial charge is 0.412 e. The van der Waals surface area contributed by atoms with Crippen LogP contribution in [0.3, 0.4) is 0 Å². The van der Waals surface area contributed by atoms with Gasteiger partial charge in [0.1, 0.15) is 6.10 Å². The molecule has 2 aromatic carbocycles. The number of hydrogen-bond acceptors (Lipinski definition) is 6. The van der Waals surface area contributed by atoms with Gasteiger partial charge in [0, 0.05) is 12.1 Å². The first-order chi connectivity index (χ1) is 11.9. The Kier molecular flexibility index (Phi) is 5.62. The van der Waals surface area contributed by atoms with E-state index >= 15 is 0 Å². The minimum Gasteiger partial charge on any atom is -0.441 e. The second kappa shape index (κ2) is 7.86. The maximum atomic E-state index is 12.0. The third-order valence-electron chi connectivity index (χ3n) is 3.36. The Morgan fingerprint density at radius 2 is 1.64 bits per heavy atom. The largest absolute Gasteiger partial charge is 0.441 e. The number of carbonyl (C=O) groups excluding carboxylic acids is 1. The van der Waals surface area contributed by atoms with Gasteiger partial charge in [0.2, 0.25) is 0 Å². The Balaban J connectivity index is 2.16. The van der Waals surface area contributed by atoms with E-state index in [4.69, 9.17) is 4.74 Å². The van der Waals surface area contributed by atoms with Crippen LogP contribution in [-0.2, 0) is 4.74 Å². The van der Waals surface area contributed by atoms with Crippen LogP contribution in [0.5, 0.6) is 0 Å². The van der Waals surface area contributed by atoms with Crippen molar-refractivity contribution in [2.75, 3.05) is 5.32 Å². The first-order valence-corrected chi connectivity index (χ1v) is 7.37. The average molecular weight is 345 g/mol. The van der Waals surface area contributed by atoms with Crippen molar-refractivity contribution < 1.29 is 19.4 Å². The second-order valence-electron chi connectivity index (χ2n) is 5.09. The summed E-state index contributed by atoms with van der Waals surface area (Å²) in [4.78, 5) is 32.2. The first kappa shape index (κ1) is 17.9. The number of nitrogens with one attached hydrogen (secondary N) is 1. The molecule has 0 aliphatic carbocycles. The molecule has 9 heteroatoms. The van der Waals surface area contributed by atoms with Crippen molar-refractivity contribution in [3.63, 3.8) is 0 Å². The van der Waals surface area contributed by atoms with E-state index in [1.54, 1.807) is 12.1 Å². The number of amides is 1. The van der Waals surface area contributed by atoms with Crippen molar-refractivity contribution in [1.82, 2.24) is 0 Å². The van der Waals surface area contributed by atoms with Crippen molar-refractivity contribution in [3.8, 4) is 0 Å². The van der Waals surface area contributed by atoms with Gasteiger partial charge in [-0.15, -0.1) is 0 Å². The van der Waals surface area contributed by atoms with Gasteiger partial charge in [-0.1, -0.05) is 37.3 Å². The molecule has 0 aliphatic heterocycles. The molecule has 0 spiro atoms. The number of carbonyl (C=O) groups is 1. The molecule has 0 saturated heterocycles. The zero-order chi connectivity index (χ0) is 18.4. The van der Waals surface area contributed by atoms with Gasteiger partial charge >= 0.3 is 6.09 Å². The summed E-state index contributed by atoms with van der Waals surface area (Å²) < 4.78 is 5.30. The van der Waals surface area contributed by atoms with Gasteiger partial charge in [0.05, 0.1) is 21.6 Å². The van der Waals surface area contributed by atoms with E-state index in [0.717, 1.165) is 23.8 Å². The summed E-state index contributed by atoms with van der Waals surface area (Å²) in [6, 6.07) is 11.9. The number of anilines is 1. The molecule has 1 N–H and O–H groups in total. The van der Waals surface area contributed by atoms with Gasteiger partial charge in [0.25, 0.3) is 11.4 Å². The van der Waals surface area contributed by atoms with Gasteiger partial charge in [-0.05, 0) is 12.0 Å². The van der Waals surface area contributed by atoms with Gasteiger partial charge in [-0.3, -0.25) is 25.5 Å².